The van der Waals surface area contributed by atoms with E-state index in [1.807, 2.05) is 18.2 Å². The van der Waals surface area contributed by atoms with Crippen molar-refractivity contribution in [3.05, 3.63) is 97.2 Å². The first-order valence-corrected chi connectivity index (χ1v) is 22.2. The minimum Gasteiger partial charge on any atom is -0.462 e. The Labute approximate surface area is 334 Å². The van der Waals surface area contributed by atoms with Gasteiger partial charge in [0.05, 0.1) is 13.2 Å². The molecule has 0 aliphatic carbocycles. The minimum atomic E-state index is -4.40. The number of ether oxygens (including phenoxy) is 2. The number of phosphoric acid groups is 1. The van der Waals surface area contributed by atoms with Crippen molar-refractivity contribution in [1.29, 1.82) is 0 Å². The molecule has 0 saturated heterocycles. The predicted octanol–water partition coefficient (Wildman–Crippen LogP) is 11.8. The molecule has 0 saturated carbocycles. The fraction of sp³-hybridized carbons (Fsp3) is 0.600. The van der Waals surface area contributed by atoms with Gasteiger partial charge in [-0.25, -0.2) is 4.57 Å². The quantitative estimate of drug-likeness (QED) is 0.0207. The molecule has 10 heteroatoms. The zero-order chi connectivity index (χ0) is 40.3. The molecule has 0 aromatic rings. The van der Waals surface area contributed by atoms with Crippen LogP contribution in [-0.2, 0) is 32.7 Å². The Balaban J connectivity index is 4.30. The molecule has 0 aromatic heterocycles. The van der Waals surface area contributed by atoms with E-state index in [0.717, 1.165) is 77.0 Å². The van der Waals surface area contributed by atoms with Gasteiger partial charge >= 0.3 is 19.8 Å². The molecule has 0 amide bonds. The summed E-state index contributed by atoms with van der Waals surface area (Å²) in [5.41, 5.74) is 5.33. The normalized spacial score (nSPS) is 14.3. The molecule has 0 heterocycles. The van der Waals surface area contributed by atoms with E-state index in [4.69, 9.17) is 24.3 Å². The molecule has 0 aliphatic heterocycles. The summed E-state index contributed by atoms with van der Waals surface area (Å²) in [5.74, 6) is -0.915. The number of unbranched alkanes of at least 4 members (excludes halogenated alkanes) is 10. The average Bonchev–Trinajstić information content (AvgIpc) is 3.17. The summed E-state index contributed by atoms with van der Waals surface area (Å²) in [5, 5.41) is 0. The summed E-state index contributed by atoms with van der Waals surface area (Å²) in [7, 11) is -4.40. The first-order valence-electron chi connectivity index (χ1n) is 20.7. The maximum atomic E-state index is 12.5. The van der Waals surface area contributed by atoms with E-state index >= 15 is 0 Å². The molecule has 312 valence electrons. The lowest BCUT2D eigenvalue weighted by Gasteiger charge is -2.19. The molecule has 0 rings (SSSR count). The molecule has 55 heavy (non-hydrogen) atoms. The van der Waals surface area contributed by atoms with Crippen LogP contribution in [-0.4, -0.2) is 49.3 Å². The number of hydrogen-bond donors (Lipinski definition) is 2. The molecule has 0 bridgehead atoms. The first kappa shape index (κ1) is 51.9. The molecule has 0 radical (unpaired) electrons. The summed E-state index contributed by atoms with van der Waals surface area (Å²) in [6.07, 6.45) is 51.6. The number of nitrogens with two attached hydrogens (primary N) is 1. The van der Waals surface area contributed by atoms with Gasteiger partial charge < -0.3 is 20.1 Å². The highest BCUT2D eigenvalue weighted by atomic mass is 31.2. The van der Waals surface area contributed by atoms with Gasteiger partial charge in [-0.15, -0.1) is 0 Å². The van der Waals surface area contributed by atoms with Crippen molar-refractivity contribution < 1.29 is 37.6 Å². The second-order valence-corrected chi connectivity index (χ2v) is 14.6. The highest BCUT2D eigenvalue weighted by Gasteiger charge is 2.25. The maximum Gasteiger partial charge on any atom is 0.472 e. The smallest absolute Gasteiger partial charge is 0.462 e. The Morgan fingerprint density at radius 2 is 1.07 bits per heavy atom. The number of carbonyl (C=O) groups excluding carboxylic acids is 2. The summed E-state index contributed by atoms with van der Waals surface area (Å²) in [4.78, 5) is 34.8. The topological polar surface area (TPSA) is 134 Å². The molecule has 0 spiro atoms. The van der Waals surface area contributed by atoms with Crippen LogP contribution in [0.15, 0.2) is 97.2 Å². The number of phosphoric ester groups is 1. The maximum absolute atomic E-state index is 12.5. The summed E-state index contributed by atoms with van der Waals surface area (Å²) >= 11 is 0. The van der Waals surface area contributed by atoms with E-state index in [1.54, 1.807) is 0 Å². The second kappa shape index (κ2) is 40.6. The zero-order valence-corrected chi connectivity index (χ0v) is 35.0. The van der Waals surface area contributed by atoms with E-state index in [0.29, 0.717) is 12.8 Å². The lowest BCUT2D eigenvalue weighted by atomic mass is 10.1. The van der Waals surface area contributed by atoms with Crippen molar-refractivity contribution in [2.75, 3.05) is 26.4 Å². The van der Waals surface area contributed by atoms with Crippen LogP contribution in [0.1, 0.15) is 142 Å². The van der Waals surface area contributed by atoms with Gasteiger partial charge in [-0.3, -0.25) is 18.6 Å². The largest absolute Gasteiger partial charge is 0.472 e. The number of esters is 2. The molecule has 2 unspecified atom stereocenters. The second-order valence-electron chi connectivity index (χ2n) is 13.2. The van der Waals surface area contributed by atoms with E-state index in [2.05, 4.69) is 92.8 Å². The van der Waals surface area contributed by atoms with Crippen molar-refractivity contribution in [2.24, 2.45) is 5.73 Å². The van der Waals surface area contributed by atoms with Crippen molar-refractivity contribution in [3.63, 3.8) is 0 Å². The van der Waals surface area contributed by atoms with Crippen LogP contribution >= 0.6 is 7.82 Å². The molecule has 3 N–H and O–H groups in total. The minimum absolute atomic E-state index is 0.0378. The van der Waals surface area contributed by atoms with Crippen molar-refractivity contribution >= 4 is 19.8 Å². The Morgan fingerprint density at radius 1 is 0.582 bits per heavy atom. The van der Waals surface area contributed by atoms with Crippen LogP contribution in [0.3, 0.4) is 0 Å². The molecule has 9 nitrogen and oxygen atoms in total. The van der Waals surface area contributed by atoms with Crippen LogP contribution in [0.5, 0.6) is 0 Å². The zero-order valence-electron chi connectivity index (χ0n) is 34.1. The van der Waals surface area contributed by atoms with Gasteiger partial charge in [-0.05, 0) is 83.5 Å². The van der Waals surface area contributed by atoms with E-state index in [9.17, 15) is 19.0 Å². The summed E-state index contributed by atoms with van der Waals surface area (Å²) in [6.45, 7) is 3.46. The summed E-state index contributed by atoms with van der Waals surface area (Å²) in [6, 6.07) is 0. The van der Waals surface area contributed by atoms with Crippen LogP contribution in [0, 0.1) is 0 Å². The van der Waals surface area contributed by atoms with Gasteiger partial charge in [-0.2, -0.15) is 0 Å². The molecule has 0 aromatic carbocycles. The Morgan fingerprint density at radius 3 is 1.67 bits per heavy atom. The first-order chi connectivity index (χ1) is 26.8. The van der Waals surface area contributed by atoms with Gasteiger partial charge in [0.1, 0.15) is 6.61 Å². The Bertz CT molecular complexity index is 1220. The van der Waals surface area contributed by atoms with Gasteiger partial charge in [0.15, 0.2) is 6.10 Å². The Kier molecular flexibility index (Phi) is 38.3. The lowest BCUT2D eigenvalue weighted by Crippen LogP contribution is -2.29. The fourth-order valence-electron chi connectivity index (χ4n) is 4.94. The highest BCUT2D eigenvalue weighted by molar-refractivity contribution is 7.47. The van der Waals surface area contributed by atoms with Crippen LogP contribution in [0.2, 0.25) is 0 Å². The Hall–Kier alpha value is -3.07. The number of rotatable bonds is 37. The fourth-order valence-corrected chi connectivity index (χ4v) is 5.71. The van der Waals surface area contributed by atoms with Crippen LogP contribution in [0.25, 0.3) is 0 Å². The third-order valence-electron chi connectivity index (χ3n) is 8.02. The van der Waals surface area contributed by atoms with Crippen molar-refractivity contribution in [3.8, 4) is 0 Å². The van der Waals surface area contributed by atoms with Crippen molar-refractivity contribution in [2.45, 2.75) is 148 Å². The summed E-state index contributed by atoms with van der Waals surface area (Å²) < 4.78 is 32.6. The molecular weight excluding hydrogens is 713 g/mol. The standard InChI is InChI=1S/C45H74NO8P/c1-3-5-7-9-11-13-15-17-18-19-20-21-22-23-24-26-27-29-31-33-35-37-44(47)51-41-43(42-53-55(49,50)52-40-39-46)54-45(48)38-36-34-32-30-28-25-16-14-12-10-8-6-4-2/h6,8,10-14,16-18,20-21,23-24,27,29,43H,3-5,7,9,15,19,22,25-26,28,30-42,46H2,1-2H3,(H,49,50)/b8-6+,12-10+,13-11+,16-14+,18-17+,21-20+,24-23+,29-27+. The third kappa shape index (κ3) is 40.4. The number of carbonyl (C=O) groups is 2. The molecular formula is C45H74NO8P. The van der Waals surface area contributed by atoms with E-state index in [1.165, 1.54) is 25.7 Å². The van der Waals surface area contributed by atoms with Gasteiger partial charge in [0, 0.05) is 19.4 Å². The SMILES string of the molecule is CC/C=C/C=C/C=C/CCCCCCCC(=O)OC(COC(=O)CCCC/C=C/C/C=C/C/C=C/C/C=C/C/C=C/CCCCC)COP(=O)(O)OCCN. The number of allylic oxidation sites excluding steroid dienone is 16. The average molecular weight is 788 g/mol. The van der Waals surface area contributed by atoms with E-state index < -0.39 is 32.5 Å². The molecule has 0 fully saturated rings. The number of hydrogen-bond acceptors (Lipinski definition) is 8. The van der Waals surface area contributed by atoms with E-state index in [-0.39, 0.29) is 32.6 Å². The molecule has 0 aliphatic rings. The predicted molar refractivity (Wildman–Crippen MR) is 228 cm³/mol. The van der Waals surface area contributed by atoms with Gasteiger partial charge in [0.25, 0.3) is 0 Å². The van der Waals surface area contributed by atoms with Crippen molar-refractivity contribution in [1.82, 2.24) is 0 Å². The van der Waals surface area contributed by atoms with Crippen LogP contribution in [0.4, 0.5) is 0 Å². The van der Waals surface area contributed by atoms with Crippen LogP contribution < -0.4 is 5.73 Å². The lowest BCUT2D eigenvalue weighted by molar-refractivity contribution is -0.161. The van der Waals surface area contributed by atoms with Gasteiger partial charge in [0.2, 0.25) is 0 Å². The van der Waals surface area contributed by atoms with Gasteiger partial charge in [-0.1, -0.05) is 143 Å². The molecule has 2 atom stereocenters. The third-order valence-corrected chi connectivity index (χ3v) is 9.00. The monoisotopic (exact) mass is 788 g/mol. The highest BCUT2D eigenvalue weighted by Crippen LogP contribution is 2.43.